The molecule has 11 rings (SSSR count). The van der Waals surface area contributed by atoms with E-state index < -0.39 is 0 Å². The van der Waals surface area contributed by atoms with Crippen molar-refractivity contribution in [2.24, 2.45) is 0 Å². The Bertz CT molecular complexity index is 3100. The third-order valence-electron chi connectivity index (χ3n) is 9.72. The van der Waals surface area contributed by atoms with Crippen LogP contribution in [0.2, 0.25) is 0 Å². The van der Waals surface area contributed by atoms with E-state index in [1.165, 1.54) is 20.2 Å². The number of para-hydroxylation sites is 2. The molecule has 0 radical (unpaired) electrons. The van der Waals surface area contributed by atoms with Gasteiger partial charge in [-0.2, -0.15) is 0 Å². The number of benzene rings is 6. The Morgan fingerprint density at radius 3 is 2.00 bits per heavy atom. The summed E-state index contributed by atoms with van der Waals surface area (Å²) in [6.45, 7) is 0. The minimum absolute atomic E-state index is 0.587. The van der Waals surface area contributed by atoms with E-state index in [0.717, 1.165) is 66.3 Å². The highest BCUT2D eigenvalue weighted by molar-refractivity contribution is 7.25. The van der Waals surface area contributed by atoms with Crippen LogP contribution in [0.4, 0.5) is 0 Å². The minimum Gasteiger partial charge on any atom is -0.454 e. The second-order valence-corrected chi connectivity index (χ2v) is 13.8. The normalized spacial score (nSPS) is 11.9. The molecular weight excluding hydrogens is 647 g/mol. The van der Waals surface area contributed by atoms with E-state index in [0.29, 0.717) is 17.5 Å². The van der Waals surface area contributed by atoms with E-state index in [1.54, 1.807) is 11.3 Å². The molecule has 51 heavy (non-hydrogen) atoms. The summed E-state index contributed by atoms with van der Waals surface area (Å²) >= 11 is 1.79. The summed E-state index contributed by atoms with van der Waals surface area (Å²) in [6, 6.07) is 50.2. The Labute approximate surface area is 294 Å². The van der Waals surface area contributed by atoms with Crippen molar-refractivity contribution in [3.05, 3.63) is 152 Å². The van der Waals surface area contributed by atoms with Crippen LogP contribution in [-0.2, 0) is 0 Å². The molecule has 0 N–H and O–H groups in total. The number of fused-ring (bicyclic) bond motifs is 9. The summed E-state index contributed by atoms with van der Waals surface area (Å²) in [7, 11) is 0. The molecule has 6 aromatic carbocycles. The number of aromatic nitrogens is 5. The lowest BCUT2D eigenvalue weighted by Crippen LogP contribution is -2.00. The maximum Gasteiger partial charge on any atom is 0.164 e. The molecule has 0 bridgehead atoms. The Morgan fingerprint density at radius 2 is 1.14 bits per heavy atom. The van der Waals surface area contributed by atoms with Crippen molar-refractivity contribution in [1.82, 2.24) is 24.5 Å². The number of hydrogen-bond acceptors (Lipinski definition) is 6. The summed E-state index contributed by atoms with van der Waals surface area (Å²) in [5.41, 5.74) is 7.22. The predicted octanol–water partition coefficient (Wildman–Crippen LogP) is 11.6. The fraction of sp³-hybridized carbons (Fsp3) is 0. The Balaban J connectivity index is 1.09. The molecule has 238 valence electrons. The van der Waals surface area contributed by atoms with Crippen LogP contribution in [-0.4, -0.2) is 24.5 Å². The van der Waals surface area contributed by atoms with Crippen molar-refractivity contribution >= 4 is 75.4 Å². The van der Waals surface area contributed by atoms with Crippen molar-refractivity contribution in [2.75, 3.05) is 0 Å². The molecule has 0 amide bonds. The largest absolute Gasteiger partial charge is 0.454 e. The zero-order valence-electron chi connectivity index (χ0n) is 27.0. The quantitative estimate of drug-likeness (QED) is 0.186. The highest BCUT2D eigenvalue weighted by Gasteiger charge is 2.20. The van der Waals surface area contributed by atoms with Crippen molar-refractivity contribution in [3.63, 3.8) is 0 Å². The molecule has 0 unspecified atom stereocenters. The maximum absolute atomic E-state index is 6.76. The molecule has 7 heteroatoms. The monoisotopic (exact) mass is 671 g/mol. The number of pyridine rings is 1. The third kappa shape index (κ3) is 4.35. The van der Waals surface area contributed by atoms with Crippen LogP contribution in [0.1, 0.15) is 0 Å². The molecular formula is C44H25N5OS. The summed E-state index contributed by atoms with van der Waals surface area (Å²) in [5.74, 6) is 1.84. The Kier molecular flexibility index (Phi) is 6.02. The molecule has 0 saturated heterocycles. The molecule has 5 heterocycles. The fourth-order valence-corrected chi connectivity index (χ4v) is 8.50. The first-order chi connectivity index (χ1) is 25.3. The van der Waals surface area contributed by atoms with Crippen molar-refractivity contribution in [1.29, 1.82) is 0 Å². The highest BCUT2D eigenvalue weighted by atomic mass is 32.1. The molecule has 5 aromatic heterocycles. The maximum atomic E-state index is 6.76. The van der Waals surface area contributed by atoms with E-state index in [2.05, 4.69) is 108 Å². The van der Waals surface area contributed by atoms with Gasteiger partial charge >= 0.3 is 0 Å². The second-order valence-electron chi connectivity index (χ2n) is 12.7. The smallest absolute Gasteiger partial charge is 0.164 e. The minimum atomic E-state index is 0.587. The second kappa shape index (κ2) is 10.9. The van der Waals surface area contributed by atoms with Crippen molar-refractivity contribution < 1.29 is 4.42 Å². The van der Waals surface area contributed by atoms with E-state index in [-0.39, 0.29) is 0 Å². The van der Waals surface area contributed by atoms with Gasteiger partial charge in [0.15, 0.2) is 23.1 Å². The van der Waals surface area contributed by atoms with Crippen molar-refractivity contribution in [2.45, 2.75) is 0 Å². The summed E-state index contributed by atoms with van der Waals surface area (Å²) in [5, 5.41) is 6.83. The Morgan fingerprint density at radius 1 is 0.471 bits per heavy atom. The highest BCUT2D eigenvalue weighted by Crippen LogP contribution is 2.39. The first kappa shape index (κ1) is 28.2. The van der Waals surface area contributed by atoms with Gasteiger partial charge in [-0.3, -0.25) is 4.57 Å². The molecule has 0 spiro atoms. The van der Waals surface area contributed by atoms with Crippen LogP contribution in [0.15, 0.2) is 156 Å². The Hall–Kier alpha value is -6.70. The molecule has 6 nitrogen and oxygen atoms in total. The van der Waals surface area contributed by atoms with Crippen LogP contribution in [0.5, 0.6) is 0 Å². The molecule has 0 saturated carbocycles. The SMILES string of the molecule is c1ccc(-c2nc(-c3ccc4c(c3)oc3c(-n5c6ccccc6c6cccnc65)cccc34)nc(-c3ccc4c(c3)sc3ccccc34)n2)cc1. The number of thiophene rings is 1. The van der Waals surface area contributed by atoms with Gasteiger partial charge in [-0.05, 0) is 48.5 Å². The summed E-state index contributed by atoms with van der Waals surface area (Å²) in [6.07, 6.45) is 1.84. The lowest BCUT2D eigenvalue weighted by Gasteiger charge is -2.08. The van der Waals surface area contributed by atoms with Gasteiger partial charge in [-0.1, -0.05) is 97.1 Å². The summed E-state index contributed by atoms with van der Waals surface area (Å²) in [4.78, 5) is 19.9. The van der Waals surface area contributed by atoms with Gasteiger partial charge in [0.1, 0.15) is 11.2 Å². The van der Waals surface area contributed by atoms with Crippen molar-refractivity contribution in [3.8, 4) is 39.9 Å². The molecule has 0 fully saturated rings. The predicted molar refractivity (Wildman–Crippen MR) is 208 cm³/mol. The number of nitrogens with zero attached hydrogens (tertiary/aromatic N) is 5. The number of hydrogen-bond donors (Lipinski definition) is 0. The van der Waals surface area contributed by atoms with Crippen LogP contribution >= 0.6 is 11.3 Å². The van der Waals surface area contributed by atoms with Gasteiger partial charge in [-0.25, -0.2) is 19.9 Å². The number of rotatable bonds is 4. The lowest BCUT2D eigenvalue weighted by molar-refractivity contribution is 0.666. The zero-order chi connectivity index (χ0) is 33.5. The standard InChI is InChI=1S/C44H25N5OS/c1-2-10-26(11-3-1)41-46-42(48-43(47-41)28-20-22-32-31-13-5-7-18-38(31)51-39(32)25-28)27-19-21-30-33-14-8-17-36(40(33)50-37(30)24-27)49-35-16-6-4-12-29(35)34-15-9-23-45-44(34)49/h1-25H. The average molecular weight is 672 g/mol. The van der Waals surface area contributed by atoms with E-state index >= 15 is 0 Å². The van der Waals surface area contributed by atoms with Crippen LogP contribution in [0.3, 0.4) is 0 Å². The van der Waals surface area contributed by atoms with E-state index in [4.69, 9.17) is 24.4 Å². The number of furan rings is 1. The zero-order valence-corrected chi connectivity index (χ0v) is 27.8. The van der Waals surface area contributed by atoms with Crippen LogP contribution in [0.25, 0.3) is 104 Å². The lowest BCUT2D eigenvalue weighted by atomic mass is 10.1. The van der Waals surface area contributed by atoms with Gasteiger partial charge < -0.3 is 4.42 Å². The third-order valence-corrected chi connectivity index (χ3v) is 10.8. The van der Waals surface area contributed by atoms with Gasteiger partial charge in [0, 0.05) is 64.6 Å². The molecule has 11 aromatic rings. The topological polar surface area (TPSA) is 69.6 Å². The van der Waals surface area contributed by atoms with Gasteiger partial charge in [0.2, 0.25) is 0 Å². The fourth-order valence-electron chi connectivity index (χ4n) is 7.35. The van der Waals surface area contributed by atoms with Gasteiger partial charge in [0.05, 0.1) is 11.2 Å². The summed E-state index contributed by atoms with van der Waals surface area (Å²) < 4.78 is 11.4. The first-order valence-corrected chi connectivity index (χ1v) is 17.6. The molecule has 0 atom stereocenters. The molecule has 0 aliphatic carbocycles. The van der Waals surface area contributed by atoms with Gasteiger partial charge in [0.25, 0.3) is 0 Å². The van der Waals surface area contributed by atoms with Gasteiger partial charge in [-0.15, -0.1) is 11.3 Å². The first-order valence-electron chi connectivity index (χ1n) is 16.8. The van der Waals surface area contributed by atoms with E-state index in [9.17, 15) is 0 Å². The average Bonchev–Trinajstić information content (AvgIpc) is 3.87. The van der Waals surface area contributed by atoms with E-state index in [1.807, 2.05) is 48.7 Å². The van der Waals surface area contributed by atoms with Crippen LogP contribution in [0, 0.1) is 0 Å². The molecule has 0 aliphatic heterocycles. The molecule has 0 aliphatic rings. The van der Waals surface area contributed by atoms with Crippen LogP contribution < -0.4 is 0 Å².